The molecule has 0 aliphatic rings. The molecule has 0 bridgehead atoms. The van der Waals surface area contributed by atoms with Crippen LogP contribution in [0.4, 0.5) is 5.69 Å². The van der Waals surface area contributed by atoms with Crippen LogP contribution in [-0.2, 0) is 26.2 Å². The Bertz CT molecular complexity index is 1440. The zero-order valence-corrected chi connectivity index (χ0v) is 26.3. The van der Waals surface area contributed by atoms with Crippen LogP contribution in [0.1, 0.15) is 50.8 Å². The second-order valence-corrected chi connectivity index (χ2v) is 12.6. The molecule has 3 aromatic rings. The fourth-order valence-electron chi connectivity index (χ4n) is 4.55. The fourth-order valence-corrected chi connectivity index (χ4v) is 5.97. The van der Waals surface area contributed by atoms with Crippen molar-refractivity contribution >= 4 is 27.5 Å². The molecular weight excluding hydrogens is 550 g/mol. The molecule has 0 aliphatic carbocycles. The number of carbonyl (C=O) groups is 2. The summed E-state index contributed by atoms with van der Waals surface area (Å²) in [7, 11) is -4.15. The van der Waals surface area contributed by atoms with Crippen LogP contribution in [0.3, 0.4) is 0 Å². The van der Waals surface area contributed by atoms with Gasteiger partial charge < -0.3 is 15.0 Å². The van der Waals surface area contributed by atoms with Crippen LogP contribution in [0.2, 0.25) is 0 Å². The lowest BCUT2D eigenvalue weighted by molar-refractivity contribution is -0.140. The molecule has 226 valence electrons. The maximum Gasteiger partial charge on any atom is 0.264 e. The predicted molar refractivity (Wildman–Crippen MR) is 167 cm³/mol. The van der Waals surface area contributed by atoms with Crippen molar-refractivity contribution in [2.45, 2.75) is 65.4 Å². The zero-order valence-electron chi connectivity index (χ0n) is 25.5. The van der Waals surface area contributed by atoms with Crippen LogP contribution >= 0.6 is 0 Å². The minimum absolute atomic E-state index is 0.0338. The molecule has 1 atom stereocenters. The Labute approximate surface area is 250 Å². The van der Waals surface area contributed by atoms with E-state index in [-0.39, 0.29) is 23.3 Å². The number of carbonyl (C=O) groups excluding carboxylic acids is 2. The lowest BCUT2D eigenvalue weighted by Crippen LogP contribution is -2.52. The average molecular weight is 594 g/mol. The van der Waals surface area contributed by atoms with Gasteiger partial charge in [0.1, 0.15) is 18.3 Å². The van der Waals surface area contributed by atoms with E-state index in [1.54, 1.807) is 36.4 Å². The van der Waals surface area contributed by atoms with Gasteiger partial charge in [-0.15, -0.1) is 0 Å². The van der Waals surface area contributed by atoms with Crippen molar-refractivity contribution in [3.8, 4) is 5.75 Å². The summed E-state index contributed by atoms with van der Waals surface area (Å²) in [4.78, 5) is 29.1. The molecule has 42 heavy (non-hydrogen) atoms. The Morgan fingerprint density at radius 2 is 1.55 bits per heavy atom. The first kappa shape index (κ1) is 32.7. The maximum absolute atomic E-state index is 14.2. The third-order valence-electron chi connectivity index (χ3n) is 7.00. The van der Waals surface area contributed by atoms with Crippen LogP contribution < -0.4 is 14.4 Å². The topological polar surface area (TPSA) is 96.0 Å². The number of benzene rings is 3. The second-order valence-electron chi connectivity index (χ2n) is 10.8. The molecule has 0 unspecified atom stereocenters. The monoisotopic (exact) mass is 593 g/mol. The molecule has 0 aromatic heterocycles. The Balaban J connectivity index is 2.04. The van der Waals surface area contributed by atoms with Crippen molar-refractivity contribution in [2.75, 3.05) is 24.0 Å². The summed E-state index contributed by atoms with van der Waals surface area (Å²) in [6.45, 7) is 12.2. The summed E-state index contributed by atoms with van der Waals surface area (Å²) < 4.78 is 34.7. The highest BCUT2D eigenvalue weighted by molar-refractivity contribution is 7.92. The molecule has 0 radical (unpaired) electrons. The van der Waals surface area contributed by atoms with Crippen molar-refractivity contribution < 1.29 is 22.7 Å². The molecule has 0 saturated heterocycles. The predicted octanol–water partition coefficient (Wildman–Crippen LogP) is 5.48. The van der Waals surface area contributed by atoms with E-state index in [2.05, 4.69) is 5.32 Å². The molecule has 8 nitrogen and oxygen atoms in total. The summed E-state index contributed by atoms with van der Waals surface area (Å²) >= 11 is 0. The smallest absolute Gasteiger partial charge is 0.264 e. The molecule has 0 spiro atoms. The molecule has 0 fully saturated rings. The van der Waals surface area contributed by atoms with Crippen LogP contribution in [0.5, 0.6) is 5.75 Å². The van der Waals surface area contributed by atoms with Gasteiger partial charge in [0.2, 0.25) is 11.8 Å². The largest absolute Gasteiger partial charge is 0.494 e. The van der Waals surface area contributed by atoms with Gasteiger partial charge in [-0.1, -0.05) is 62.7 Å². The summed E-state index contributed by atoms with van der Waals surface area (Å²) in [6, 6.07) is 20.0. The second kappa shape index (κ2) is 14.9. The average Bonchev–Trinajstić information content (AvgIpc) is 2.96. The van der Waals surface area contributed by atoms with E-state index >= 15 is 0 Å². The Hall–Kier alpha value is -3.85. The number of hydrogen-bond donors (Lipinski definition) is 1. The van der Waals surface area contributed by atoms with E-state index in [9.17, 15) is 18.0 Å². The highest BCUT2D eigenvalue weighted by atomic mass is 32.2. The molecular formula is C33H43N3O5S. The van der Waals surface area contributed by atoms with E-state index in [1.807, 2.05) is 65.8 Å². The first-order chi connectivity index (χ1) is 20.0. The Morgan fingerprint density at radius 1 is 0.905 bits per heavy atom. The molecule has 0 saturated carbocycles. The zero-order chi connectivity index (χ0) is 30.9. The van der Waals surface area contributed by atoms with E-state index in [1.165, 1.54) is 17.0 Å². The molecule has 2 amide bonds. The molecule has 0 heterocycles. The lowest BCUT2D eigenvalue weighted by Gasteiger charge is -2.33. The van der Waals surface area contributed by atoms with Crippen molar-refractivity contribution in [1.29, 1.82) is 0 Å². The van der Waals surface area contributed by atoms with Crippen LogP contribution in [0.25, 0.3) is 0 Å². The third kappa shape index (κ3) is 8.35. The number of anilines is 1. The molecule has 1 N–H and O–H groups in total. The normalized spacial score (nSPS) is 12.1. The fraction of sp³-hybridized carbons (Fsp3) is 0.394. The third-order valence-corrected chi connectivity index (χ3v) is 8.78. The first-order valence-electron chi connectivity index (χ1n) is 14.4. The lowest BCUT2D eigenvalue weighted by atomic mass is 10.1. The van der Waals surface area contributed by atoms with Crippen LogP contribution in [0.15, 0.2) is 77.7 Å². The van der Waals surface area contributed by atoms with Gasteiger partial charge in [-0.3, -0.25) is 13.9 Å². The van der Waals surface area contributed by atoms with Crippen molar-refractivity contribution in [1.82, 2.24) is 10.2 Å². The van der Waals surface area contributed by atoms with Crippen molar-refractivity contribution in [3.63, 3.8) is 0 Å². The summed E-state index contributed by atoms with van der Waals surface area (Å²) in [5.74, 6) is 0.0598. The van der Waals surface area contributed by atoms with Crippen molar-refractivity contribution in [2.24, 2.45) is 5.92 Å². The highest BCUT2D eigenvalue weighted by Gasteiger charge is 2.34. The van der Waals surface area contributed by atoms with Gasteiger partial charge in [-0.2, -0.15) is 0 Å². The van der Waals surface area contributed by atoms with Gasteiger partial charge in [0, 0.05) is 13.1 Å². The van der Waals surface area contributed by atoms with Gasteiger partial charge in [-0.25, -0.2) is 8.42 Å². The summed E-state index contributed by atoms with van der Waals surface area (Å²) in [5, 5.41) is 2.96. The molecule has 0 aliphatic heterocycles. The van der Waals surface area contributed by atoms with E-state index < -0.39 is 28.5 Å². The van der Waals surface area contributed by atoms with Crippen LogP contribution in [0, 0.1) is 19.8 Å². The molecule has 9 heteroatoms. The SMILES string of the molecule is CCOc1ccc(S(=O)(=O)N(CC(=O)N(Cc2ccccc2C)[C@@H](CC)C(=O)NCC(C)C)c2ccc(C)cc2)cc1. The van der Waals surface area contributed by atoms with Gasteiger partial charge in [-0.05, 0) is 80.6 Å². The first-order valence-corrected chi connectivity index (χ1v) is 15.9. The molecule has 3 aromatic carbocycles. The number of aryl methyl sites for hydroxylation is 2. The van der Waals surface area contributed by atoms with Gasteiger partial charge in [0.25, 0.3) is 10.0 Å². The van der Waals surface area contributed by atoms with E-state index in [4.69, 9.17) is 4.74 Å². The number of rotatable bonds is 14. The number of sulfonamides is 1. The van der Waals surface area contributed by atoms with Gasteiger partial charge in [0.15, 0.2) is 0 Å². The number of nitrogens with one attached hydrogen (secondary N) is 1. The number of amides is 2. The van der Waals surface area contributed by atoms with Gasteiger partial charge >= 0.3 is 0 Å². The standard InChI is InChI=1S/C33H43N3O5S/c1-7-31(33(38)34-21-24(3)4)35(22-27-12-10-9-11-26(27)6)32(37)23-36(28-15-13-25(5)14-16-28)42(39,40)30-19-17-29(18-20-30)41-8-2/h9-20,24,31H,7-8,21-23H2,1-6H3,(H,34,38)/t31-/m0/s1. The molecule has 3 rings (SSSR count). The summed E-state index contributed by atoms with van der Waals surface area (Å²) in [6.07, 6.45) is 0.373. The Morgan fingerprint density at radius 3 is 2.12 bits per heavy atom. The van der Waals surface area contributed by atoms with E-state index in [0.717, 1.165) is 21.0 Å². The number of ether oxygens (including phenoxy) is 1. The quantitative estimate of drug-likeness (QED) is 0.267. The minimum Gasteiger partial charge on any atom is -0.494 e. The number of hydrogen-bond acceptors (Lipinski definition) is 5. The highest BCUT2D eigenvalue weighted by Crippen LogP contribution is 2.27. The minimum atomic E-state index is -4.15. The van der Waals surface area contributed by atoms with Crippen molar-refractivity contribution in [3.05, 3.63) is 89.5 Å². The summed E-state index contributed by atoms with van der Waals surface area (Å²) in [5.41, 5.74) is 3.18. The maximum atomic E-state index is 14.2. The van der Waals surface area contributed by atoms with E-state index in [0.29, 0.717) is 31.0 Å². The Kier molecular flexibility index (Phi) is 11.6. The van der Waals surface area contributed by atoms with Gasteiger partial charge in [0.05, 0.1) is 17.2 Å². The van der Waals surface area contributed by atoms with Crippen LogP contribution in [-0.4, -0.2) is 50.9 Å². The number of nitrogens with zero attached hydrogens (tertiary/aromatic N) is 2.